The van der Waals surface area contributed by atoms with E-state index < -0.39 is 29.8 Å². The number of carbonyl (C=O) groups is 2. The van der Waals surface area contributed by atoms with Gasteiger partial charge in [0.1, 0.15) is 17.7 Å². The molecule has 3 saturated heterocycles. The van der Waals surface area contributed by atoms with Crippen molar-refractivity contribution in [1.29, 1.82) is 5.26 Å². The average Bonchev–Trinajstić information content (AvgIpc) is 3.05. The van der Waals surface area contributed by atoms with Crippen molar-refractivity contribution >= 4 is 11.8 Å². The van der Waals surface area contributed by atoms with Crippen molar-refractivity contribution in [3.05, 3.63) is 35.4 Å². The van der Waals surface area contributed by atoms with Gasteiger partial charge < -0.3 is 15.5 Å². The van der Waals surface area contributed by atoms with Crippen LogP contribution in [0.25, 0.3) is 0 Å². The molecule has 7 atom stereocenters. The van der Waals surface area contributed by atoms with Crippen LogP contribution in [0.4, 0.5) is 8.78 Å². The summed E-state index contributed by atoms with van der Waals surface area (Å²) in [5.41, 5.74) is 6.64. The van der Waals surface area contributed by atoms with E-state index in [0.717, 1.165) is 18.9 Å². The van der Waals surface area contributed by atoms with Crippen molar-refractivity contribution in [2.24, 2.45) is 11.7 Å². The number of hydrogen-bond acceptors (Lipinski definition) is 5. The maximum atomic E-state index is 13.6. The normalized spacial score (nSPS) is 33.4. The lowest BCUT2D eigenvalue weighted by Gasteiger charge is -2.38. The zero-order valence-electron chi connectivity index (χ0n) is 17.2. The molecule has 5 rings (SSSR count). The second-order valence-corrected chi connectivity index (χ2v) is 9.28. The number of piperazine rings is 1. The summed E-state index contributed by atoms with van der Waals surface area (Å²) in [7, 11) is 0. The average molecular weight is 429 g/mol. The molecule has 31 heavy (non-hydrogen) atoms. The Morgan fingerprint density at radius 3 is 2.61 bits per heavy atom. The van der Waals surface area contributed by atoms with Crippen LogP contribution in [0.5, 0.6) is 0 Å². The molecule has 1 aromatic carbocycles. The van der Waals surface area contributed by atoms with E-state index in [1.165, 1.54) is 12.1 Å². The summed E-state index contributed by atoms with van der Waals surface area (Å²) in [6, 6.07) is 3.56. The minimum Gasteiger partial charge on any atom is -0.330 e. The molecule has 7 nitrogen and oxygen atoms in total. The summed E-state index contributed by atoms with van der Waals surface area (Å²) in [5.74, 6) is -1.23. The number of piperidine rings is 1. The minimum atomic E-state index is -0.787. The van der Waals surface area contributed by atoms with Crippen molar-refractivity contribution in [3.63, 3.8) is 0 Å². The van der Waals surface area contributed by atoms with Crippen LogP contribution >= 0.6 is 0 Å². The number of rotatable bonds is 5. The van der Waals surface area contributed by atoms with E-state index in [1.54, 1.807) is 16.7 Å². The number of hydrogen-bond donors (Lipinski definition) is 1. The zero-order chi connectivity index (χ0) is 22.0. The molecule has 0 radical (unpaired) electrons. The standard InChI is InChI=1S/C22H25F2N5O2/c1-11(12-2-14(23)6-15(24)3-12)28-17-7-20(22(28)31)27(9-17)10-18(26)21(30)29-16(8-25)4-13-5-19(13)29/h2-3,6,11,13,16-20H,4-5,7,9-10,26H2,1H3/t11-,13?,16-,17?,18-,19-,20+/m0/s1. The van der Waals surface area contributed by atoms with Crippen LogP contribution in [-0.2, 0) is 9.59 Å². The fourth-order valence-electron chi connectivity index (χ4n) is 5.79. The summed E-state index contributed by atoms with van der Waals surface area (Å²) < 4.78 is 27.3. The third-order valence-electron chi connectivity index (χ3n) is 7.36. The van der Waals surface area contributed by atoms with Crippen molar-refractivity contribution < 1.29 is 18.4 Å². The summed E-state index contributed by atoms with van der Waals surface area (Å²) in [4.78, 5) is 31.2. The third kappa shape index (κ3) is 3.29. The molecule has 0 spiro atoms. The Bertz CT molecular complexity index is 961. The minimum absolute atomic E-state index is 0.0902. The zero-order valence-corrected chi connectivity index (χ0v) is 17.2. The lowest BCUT2D eigenvalue weighted by Crippen LogP contribution is -2.57. The first-order valence-electron chi connectivity index (χ1n) is 10.8. The smallest absolute Gasteiger partial charge is 0.242 e. The highest BCUT2D eigenvalue weighted by atomic mass is 19.1. The Kier molecular flexibility index (Phi) is 4.75. The van der Waals surface area contributed by atoms with E-state index in [1.807, 2.05) is 4.90 Å². The molecule has 2 unspecified atom stereocenters. The molecule has 4 aliphatic rings. The molecule has 2 amide bonds. The maximum absolute atomic E-state index is 13.6. The molecular weight excluding hydrogens is 404 g/mol. The van der Waals surface area contributed by atoms with Gasteiger partial charge in [0.05, 0.1) is 24.2 Å². The molecule has 3 aliphatic heterocycles. The first kappa shape index (κ1) is 20.3. The van der Waals surface area contributed by atoms with Crippen molar-refractivity contribution in [3.8, 4) is 6.07 Å². The number of likely N-dealkylation sites (tertiary alicyclic amines) is 3. The van der Waals surface area contributed by atoms with Crippen LogP contribution in [0.3, 0.4) is 0 Å². The number of nitrogens with zero attached hydrogens (tertiary/aromatic N) is 4. The molecule has 2 N–H and O–H groups in total. The van der Waals surface area contributed by atoms with E-state index in [9.17, 15) is 23.6 Å². The summed E-state index contributed by atoms with van der Waals surface area (Å²) in [5, 5.41) is 9.33. The highest BCUT2D eigenvalue weighted by molar-refractivity contribution is 5.87. The fourth-order valence-corrected chi connectivity index (χ4v) is 5.79. The maximum Gasteiger partial charge on any atom is 0.242 e. The van der Waals surface area contributed by atoms with Gasteiger partial charge in [0.25, 0.3) is 0 Å². The summed E-state index contributed by atoms with van der Waals surface area (Å²) in [6.45, 7) is 2.59. The number of amides is 2. The van der Waals surface area contributed by atoms with Crippen LogP contribution in [0.15, 0.2) is 18.2 Å². The molecule has 4 fully saturated rings. The predicted molar refractivity (Wildman–Crippen MR) is 106 cm³/mol. The van der Waals surface area contributed by atoms with Crippen molar-refractivity contribution in [2.75, 3.05) is 13.1 Å². The second-order valence-electron chi connectivity index (χ2n) is 9.28. The van der Waals surface area contributed by atoms with Gasteiger partial charge in [0.15, 0.2) is 0 Å². The first-order chi connectivity index (χ1) is 14.8. The number of benzene rings is 1. The van der Waals surface area contributed by atoms with Crippen LogP contribution in [0.2, 0.25) is 0 Å². The van der Waals surface area contributed by atoms with Crippen LogP contribution < -0.4 is 5.73 Å². The van der Waals surface area contributed by atoms with E-state index in [0.29, 0.717) is 24.4 Å². The Morgan fingerprint density at radius 2 is 1.97 bits per heavy atom. The molecule has 1 aromatic rings. The number of fused-ring (bicyclic) bond motifs is 3. The number of nitrogens with two attached hydrogens (primary N) is 1. The van der Waals surface area contributed by atoms with Gasteiger partial charge in [-0.05, 0) is 49.8 Å². The van der Waals surface area contributed by atoms with Crippen LogP contribution in [0, 0.1) is 28.9 Å². The van der Waals surface area contributed by atoms with E-state index >= 15 is 0 Å². The van der Waals surface area contributed by atoms with Gasteiger partial charge in [-0.1, -0.05) is 0 Å². The molecule has 9 heteroatoms. The molecule has 3 heterocycles. The third-order valence-corrected chi connectivity index (χ3v) is 7.36. The molecule has 0 aromatic heterocycles. The van der Waals surface area contributed by atoms with Crippen molar-refractivity contribution in [1.82, 2.24) is 14.7 Å². The van der Waals surface area contributed by atoms with Gasteiger partial charge in [-0.15, -0.1) is 0 Å². The topological polar surface area (TPSA) is 93.7 Å². The van der Waals surface area contributed by atoms with E-state index in [2.05, 4.69) is 6.07 Å². The lowest BCUT2D eigenvalue weighted by molar-refractivity contribution is -0.141. The van der Waals surface area contributed by atoms with Crippen LogP contribution in [0.1, 0.15) is 37.8 Å². The Balaban J connectivity index is 1.24. The lowest BCUT2D eigenvalue weighted by atomic mass is 10.0. The number of halogens is 2. The Labute approximate surface area is 179 Å². The number of carbonyl (C=O) groups excluding carboxylic acids is 2. The Morgan fingerprint density at radius 1 is 1.26 bits per heavy atom. The fraction of sp³-hybridized carbons (Fsp3) is 0.591. The van der Waals surface area contributed by atoms with Gasteiger partial charge in [0.2, 0.25) is 11.8 Å². The quantitative estimate of drug-likeness (QED) is 0.758. The van der Waals surface area contributed by atoms with Gasteiger partial charge in [-0.25, -0.2) is 8.78 Å². The highest BCUT2D eigenvalue weighted by Gasteiger charge is 2.56. The molecule has 1 saturated carbocycles. The van der Waals surface area contributed by atoms with Crippen molar-refractivity contribution in [2.45, 2.75) is 62.4 Å². The van der Waals surface area contributed by atoms with Gasteiger partial charge in [-0.3, -0.25) is 14.5 Å². The molecule has 1 aliphatic carbocycles. The summed E-state index contributed by atoms with van der Waals surface area (Å²) >= 11 is 0. The van der Waals surface area contributed by atoms with E-state index in [4.69, 9.17) is 5.73 Å². The van der Waals surface area contributed by atoms with E-state index in [-0.39, 0.29) is 36.5 Å². The highest BCUT2D eigenvalue weighted by Crippen LogP contribution is 2.48. The van der Waals surface area contributed by atoms with Crippen LogP contribution in [-0.4, -0.2) is 69.8 Å². The SMILES string of the molecule is C[C@@H](c1cc(F)cc(F)c1)N1C(=O)[C@H]2CC1CN2C[C@H](N)C(=O)N1[C@H](C#N)CC2C[C@@H]21. The summed E-state index contributed by atoms with van der Waals surface area (Å²) in [6.07, 6.45) is 2.27. The largest absolute Gasteiger partial charge is 0.330 e. The van der Waals surface area contributed by atoms with Gasteiger partial charge >= 0.3 is 0 Å². The first-order valence-corrected chi connectivity index (χ1v) is 10.8. The van der Waals surface area contributed by atoms with Gasteiger partial charge in [0, 0.05) is 31.2 Å². The molecule has 164 valence electrons. The monoisotopic (exact) mass is 429 g/mol. The second kappa shape index (κ2) is 7.24. The predicted octanol–water partition coefficient (Wildman–Crippen LogP) is 1.15. The molecule has 2 bridgehead atoms. The molecular formula is C22H25F2N5O2. The van der Waals surface area contributed by atoms with Gasteiger partial charge in [-0.2, -0.15) is 5.26 Å². The Hall–Kier alpha value is -2.57. The number of nitriles is 1.